The van der Waals surface area contributed by atoms with Crippen molar-refractivity contribution in [3.05, 3.63) is 22.6 Å². The Kier molecular flexibility index (Phi) is 4.12. The Morgan fingerprint density at radius 1 is 1.50 bits per heavy atom. The highest BCUT2D eigenvalue weighted by molar-refractivity contribution is 9.10. The summed E-state index contributed by atoms with van der Waals surface area (Å²) in [6, 6.07) is 0.207. The summed E-state index contributed by atoms with van der Waals surface area (Å²) in [5.41, 5.74) is 0. The molecule has 0 saturated carbocycles. The minimum atomic E-state index is -4.28. The SMILES string of the molecule is CC(CC(F)(F)F)Nc1ncc(Br)cc1F. The lowest BCUT2D eigenvalue weighted by molar-refractivity contribution is -0.136. The molecule has 0 saturated heterocycles. The van der Waals surface area contributed by atoms with Crippen LogP contribution in [0, 0.1) is 5.82 Å². The minimum Gasteiger partial charge on any atom is -0.365 e. The van der Waals surface area contributed by atoms with E-state index in [4.69, 9.17) is 0 Å². The Labute approximate surface area is 98.2 Å². The number of aromatic nitrogens is 1. The fourth-order valence-corrected chi connectivity index (χ4v) is 1.46. The first-order valence-electron chi connectivity index (χ1n) is 4.42. The molecule has 0 bridgehead atoms. The number of pyridine rings is 1. The van der Waals surface area contributed by atoms with Gasteiger partial charge >= 0.3 is 6.18 Å². The molecule has 7 heteroatoms. The van der Waals surface area contributed by atoms with Gasteiger partial charge in [0.1, 0.15) is 0 Å². The molecule has 0 fully saturated rings. The molecule has 0 aliphatic carbocycles. The Morgan fingerprint density at radius 3 is 2.62 bits per heavy atom. The van der Waals surface area contributed by atoms with Crippen LogP contribution in [-0.2, 0) is 0 Å². The summed E-state index contributed by atoms with van der Waals surface area (Å²) in [7, 11) is 0. The van der Waals surface area contributed by atoms with Gasteiger partial charge in [0.15, 0.2) is 11.6 Å². The first-order valence-corrected chi connectivity index (χ1v) is 5.21. The minimum absolute atomic E-state index is 0.181. The van der Waals surface area contributed by atoms with Crippen LogP contribution in [-0.4, -0.2) is 17.2 Å². The lowest BCUT2D eigenvalue weighted by Gasteiger charge is -2.16. The van der Waals surface area contributed by atoms with Gasteiger partial charge in [-0.15, -0.1) is 0 Å². The van der Waals surface area contributed by atoms with Gasteiger partial charge in [-0.2, -0.15) is 13.2 Å². The molecule has 0 aromatic carbocycles. The van der Waals surface area contributed by atoms with Crippen LogP contribution in [0.15, 0.2) is 16.7 Å². The van der Waals surface area contributed by atoms with Crippen molar-refractivity contribution >= 4 is 21.7 Å². The number of anilines is 1. The van der Waals surface area contributed by atoms with E-state index in [1.807, 2.05) is 0 Å². The molecule has 1 rings (SSSR count). The fourth-order valence-electron chi connectivity index (χ4n) is 1.15. The standard InChI is InChI=1S/C9H9BrF4N2/c1-5(3-9(12,13)14)16-8-7(11)2-6(10)4-15-8/h2,4-5H,3H2,1H3,(H,15,16). The maximum Gasteiger partial charge on any atom is 0.391 e. The molecule has 0 radical (unpaired) electrons. The third-order valence-electron chi connectivity index (χ3n) is 1.73. The first-order chi connectivity index (χ1) is 7.28. The van der Waals surface area contributed by atoms with Crippen molar-refractivity contribution < 1.29 is 17.6 Å². The van der Waals surface area contributed by atoms with Crippen LogP contribution in [0.3, 0.4) is 0 Å². The summed E-state index contributed by atoms with van der Waals surface area (Å²) in [6.45, 7) is 1.32. The van der Waals surface area contributed by atoms with E-state index in [9.17, 15) is 17.6 Å². The predicted octanol–water partition coefficient (Wildman–Crippen LogP) is 3.74. The molecule has 1 heterocycles. The lowest BCUT2D eigenvalue weighted by atomic mass is 10.2. The van der Waals surface area contributed by atoms with Crippen molar-refractivity contribution in [2.75, 3.05) is 5.32 Å². The molecular formula is C9H9BrF4N2. The zero-order valence-electron chi connectivity index (χ0n) is 8.28. The van der Waals surface area contributed by atoms with Gasteiger partial charge in [0.2, 0.25) is 0 Å². The van der Waals surface area contributed by atoms with Crippen LogP contribution in [0.4, 0.5) is 23.4 Å². The van der Waals surface area contributed by atoms with Gasteiger partial charge in [0.05, 0.1) is 6.42 Å². The predicted molar refractivity (Wildman–Crippen MR) is 55.7 cm³/mol. The fraction of sp³-hybridized carbons (Fsp3) is 0.444. The Bertz CT molecular complexity index is 367. The zero-order valence-corrected chi connectivity index (χ0v) is 9.86. The molecule has 1 atom stereocenters. The van der Waals surface area contributed by atoms with Gasteiger partial charge < -0.3 is 5.32 Å². The zero-order chi connectivity index (χ0) is 12.3. The summed E-state index contributed by atoms with van der Waals surface area (Å²) in [5.74, 6) is -0.872. The van der Waals surface area contributed by atoms with Crippen molar-refractivity contribution in [3.8, 4) is 0 Å². The van der Waals surface area contributed by atoms with Gasteiger partial charge in [-0.3, -0.25) is 0 Å². The maximum absolute atomic E-state index is 13.2. The third-order valence-corrected chi connectivity index (χ3v) is 2.16. The average molecular weight is 301 g/mol. The van der Waals surface area contributed by atoms with Crippen LogP contribution < -0.4 is 5.32 Å². The summed E-state index contributed by atoms with van der Waals surface area (Å²) in [4.78, 5) is 3.65. The quantitative estimate of drug-likeness (QED) is 0.860. The highest BCUT2D eigenvalue weighted by Crippen LogP contribution is 2.24. The molecule has 1 aromatic rings. The molecule has 16 heavy (non-hydrogen) atoms. The highest BCUT2D eigenvalue weighted by atomic mass is 79.9. The second-order valence-corrected chi connectivity index (χ2v) is 4.26. The van der Waals surface area contributed by atoms with Crippen molar-refractivity contribution in [2.24, 2.45) is 0 Å². The van der Waals surface area contributed by atoms with E-state index in [2.05, 4.69) is 26.2 Å². The maximum atomic E-state index is 13.2. The molecule has 0 amide bonds. The Hall–Kier alpha value is -0.850. The van der Waals surface area contributed by atoms with Gasteiger partial charge in [0, 0.05) is 16.7 Å². The van der Waals surface area contributed by atoms with Crippen molar-refractivity contribution in [1.29, 1.82) is 0 Å². The third kappa shape index (κ3) is 4.34. The average Bonchev–Trinajstić information content (AvgIpc) is 2.06. The Balaban J connectivity index is 2.66. The van der Waals surface area contributed by atoms with E-state index in [0.717, 1.165) is 6.07 Å². The van der Waals surface area contributed by atoms with E-state index in [-0.39, 0.29) is 5.82 Å². The molecule has 0 spiro atoms. The molecule has 1 aromatic heterocycles. The lowest BCUT2D eigenvalue weighted by Crippen LogP contribution is -2.24. The molecule has 90 valence electrons. The Morgan fingerprint density at radius 2 is 2.12 bits per heavy atom. The van der Waals surface area contributed by atoms with Gasteiger partial charge in [-0.25, -0.2) is 9.37 Å². The van der Waals surface area contributed by atoms with Crippen LogP contribution in [0.5, 0.6) is 0 Å². The number of rotatable bonds is 3. The van der Waals surface area contributed by atoms with Gasteiger partial charge in [0.25, 0.3) is 0 Å². The van der Waals surface area contributed by atoms with E-state index in [0.29, 0.717) is 4.47 Å². The highest BCUT2D eigenvalue weighted by Gasteiger charge is 2.30. The van der Waals surface area contributed by atoms with E-state index in [1.54, 1.807) is 0 Å². The van der Waals surface area contributed by atoms with E-state index in [1.165, 1.54) is 13.1 Å². The van der Waals surface area contributed by atoms with Crippen LogP contribution in [0.2, 0.25) is 0 Å². The van der Waals surface area contributed by atoms with Crippen LogP contribution in [0.1, 0.15) is 13.3 Å². The molecule has 1 unspecified atom stereocenters. The summed E-state index contributed by atoms with van der Waals surface area (Å²) < 4.78 is 49.7. The number of hydrogen-bond donors (Lipinski definition) is 1. The van der Waals surface area contributed by atoms with E-state index < -0.39 is 24.5 Å². The molecule has 0 aliphatic rings. The largest absolute Gasteiger partial charge is 0.391 e. The monoisotopic (exact) mass is 300 g/mol. The van der Waals surface area contributed by atoms with Crippen molar-refractivity contribution in [3.63, 3.8) is 0 Å². The number of nitrogens with one attached hydrogen (secondary N) is 1. The molecule has 2 nitrogen and oxygen atoms in total. The number of nitrogens with zero attached hydrogens (tertiary/aromatic N) is 1. The molecule has 1 N–H and O–H groups in total. The topological polar surface area (TPSA) is 24.9 Å². The van der Waals surface area contributed by atoms with Gasteiger partial charge in [-0.05, 0) is 28.9 Å². The second kappa shape index (κ2) is 4.99. The van der Waals surface area contributed by atoms with Crippen molar-refractivity contribution in [2.45, 2.75) is 25.6 Å². The molecular weight excluding hydrogens is 292 g/mol. The van der Waals surface area contributed by atoms with Crippen LogP contribution >= 0.6 is 15.9 Å². The summed E-state index contributed by atoms with van der Waals surface area (Å²) in [6.07, 6.45) is -4.01. The van der Waals surface area contributed by atoms with Gasteiger partial charge in [-0.1, -0.05) is 0 Å². The summed E-state index contributed by atoms with van der Waals surface area (Å²) in [5, 5.41) is 2.37. The first kappa shape index (κ1) is 13.2. The second-order valence-electron chi connectivity index (χ2n) is 3.35. The number of halogens is 5. The number of hydrogen-bond acceptors (Lipinski definition) is 2. The van der Waals surface area contributed by atoms with Crippen LogP contribution in [0.25, 0.3) is 0 Å². The van der Waals surface area contributed by atoms with E-state index >= 15 is 0 Å². The normalized spacial score (nSPS) is 13.6. The molecule has 0 aliphatic heterocycles. The number of alkyl halides is 3. The van der Waals surface area contributed by atoms with Crippen molar-refractivity contribution in [1.82, 2.24) is 4.98 Å². The summed E-state index contributed by atoms with van der Waals surface area (Å²) >= 11 is 3.00. The smallest absolute Gasteiger partial charge is 0.365 e.